The van der Waals surface area contributed by atoms with Crippen LogP contribution >= 0.6 is 0 Å². The van der Waals surface area contributed by atoms with E-state index in [0.29, 0.717) is 0 Å². The molecule has 0 fully saturated rings. The molecule has 1 unspecified atom stereocenters. The third-order valence-electron chi connectivity index (χ3n) is 4.04. The van der Waals surface area contributed by atoms with E-state index in [-0.39, 0.29) is 26.2 Å². The molecule has 2 aromatic carbocycles. The Balaban J connectivity index is 0.00000133. The summed E-state index contributed by atoms with van der Waals surface area (Å²) in [5.41, 5.74) is 4.62. The molecule has 2 aromatic rings. The van der Waals surface area contributed by atoms with E-state index >= 15 is 0 Å². The van der Waals surface area contributed by atoms with Gasteiger partial charge in [-0.1, -0.05) is 55.5 Å². The van der Waals surface area contributed by atoms with Gasteiger partial charge < -0.3 is 5.11 Å². The van der Waals surface area contributed by atoms with Gasteiger partial charge in [-0.15, -0.1) is 0 Å². The van der Waals surface area contributed by atoms with Gasteiger partial charge in [0.05, 0.1) is 5.60 Å². The number of aliphatic hydroxyl groups is 1. The number of hydrogen-bond acceptors (Lipinski definition) is 1. The maximum absolute atomic E-state index is 10.5. The van der Waals surface area contributed by atoms with Crippen molar-refractivity contribution in [2.75, 3.05) is 0 Å². The maximum Gasteiger partial charge on any atom is 0.0725 e. The van der Waals surface area contributed by atoms with Crippen LogP contribution in [0, 0.1) is 0 Å². The molecule has 0 spiro atoms. The summed E-state index contributed by atoms with van der Waals surface area (Å²) in [6.45, 7) is 2.06. The Morgan fingerprint density at radius 3 is 2.42 bits per heavy atom. The summed E-state index contributed by atoms with van der Waals surface area (Å²) >= 11 is 0. The minimum absolute atomic E-state index is 0. The van der Waals surface area contributed by atoms with Crippen molar-refractivity contribution < 1.29 is 31.3 Å². The molecule has 0 aromatic heterocycles. The average Bonchev–Trinajstić information content (AvgIpc) is 2.76. The van der Waals surface area contributed by atoms with Crippen LogP contribution in [-0.4, -0.2) is 10.7 Å². The topological polar surface area (TPSA) is 20.2 Å². The largest absolute Gasteiger partial charge is 0.389 e. The molecule has 0 heterocycles. The SMILES string of the molecule is CCC1(O)Cc2cccc(-c3ccccc3)c2C1.[Zr]. The van der Waals surface area contributed by atoms with E-state index in [9.17, 15) is 5.11 Å². The van der Waals surface area contributed by atoms with Crippen LogP contribution in [0.5, 0.6) is 0 Å². The summed E-state index contributed by atoms with van der Waals surface area (Å²) in [7, 11) is 0. The Kier molecular flexibility index (Phi) is 4.43. The monoisotopic (exact) mass is 328 g/mol. The molecule has 0 saturated carbocycles. The van der Waals surface area contributed by atoms with Crippen LogP contribution in [0.2, 0.25) is 0 Å². The molecule has 1 aliphatic rings. The van der Waals surface area contributed by atoms with E-state index in [2.05, 4.69) is 49.4 Å². The van der Waals surface area contributed by atoms with Crippen molar-refractivity contribution in [3.05, 3.63) is 59.7 Å². The molecule has 3 rings (SSSR count). The van der Waals surface area contributed by atoms with Crippen molar-refractivity contribution in [2.45, 2.75) is 31.8 Å². The van der Waals surface area contributed by atoms with Gasteiger partial charge in [0.1, 0.15) is 0 Å². The summed E-state index contributed by atoms with van der Waals surface area (Å²) in [6, 6.07) is 16.9. The smallest absolute Gasteiger partial charge is 0.0725 e. The minimum atomic E-state index is -0.535. The second kappa shape index (κ2) is 5.73. The third-order valence-corrected chi connectivity index (χ3v) is 4.04. The summed E-state index contributed by atoms with van der Waals surface area (Å²) in [5, 5.41) is 10.5. The van der Waals surface area contributed by atoms with Crippen molar-refractivity contribution in [1.82, 2.24) is 0 Å². The molecule has 1 nitrogen and oxygen atoms in total. The third kappa shape index (κ3) is 2.75. The summed E-state index contributed by atoms with van der Waals surface area (Å²) in [4.78, 5) is 0. The number of fused-ring (bicyclic) bond motifs is 1. The zero-order chi connectivity index (χ0) is 12.6. The van der Waals surface area contributed by atoms with Gasteiger partial charge in [0.2, 0.25) is 0 Å². The molecular formula is C17H18OZr. The molecule has 96 valence electrons. The molecule has 1 N–H and O–H groups in total. The number of benzene rings is 2. The van der Waals surface area contributed by atoms with Crippen molar-refractivity contribution >= 4 is 0 Å². The second-order valence-corrected chi connectivity index (χ2v) is 5.24. The van der Waals surface area contributed by atoms with Crippen LogP contribution < -0.4 is 0 Å². The van der Waals surface area contributed by atoms with E-state index in [1.54, 1.807) is 0 Å². The Hall–Kier alpha value is -0.717. The van der Waals surface area contributed by atoms with Crippen LogP contribution in [0.1, 0.15) is 24.5 Å². The summed E-state index contributed by atoms with van der Waals surface area (Å²) in [5.74, 6) is 0. The fraction of sp³-hybridized carbons (Fsp3) is 0.294. The Labute approximate surface area is 133 Å². The normalized spacial score (nSPS) is 20.7. The maximum atomic E-state index is 10.5. The van der Waals surface area contributed by atoms with E-state index in [4.69, 9.17) is 0 Å². The minimum Gasteiger partial charge on any atom is -0.389 e. The Morgan fingerprint density at radius 2 is 1.74 bits per heavy atom. The quantitative estimate of drug-likeness (QED) is 0.893. The van der Waals surface area contributed by atoms with Crippen LogP contribution in [0.25, 0.3) is 11.1 Å². The molecule has 1 atom stereocenters. The first-order chi connectivity index (χ1) is 8.72. The molecule has 0 aliphatic heterocycles. The van der Waals surface area contributed by atoms with Crippen molar-refractivity contribution in [2.24, 2.45) is 0 Å². The van der Waals surface area contributed by atoms with Crippen LogP contribution in [0.3, 0.4) is 0 Å². The Bertz CT molecular complexity index is 565. The number of hydrogen-bond donors (Lipinski definition) is 1. The standard InChI is InChI=1S/C17H18O.Zr/c1-2-17(18)11-14-9-6-10-15(16(14)12-17)13-7-4-3-5-8-13;/h3-10,18H,2,11-12H2,1H3;. The van der Waals surface area contributed by atoms with Crippen LogP contribution in [0.4, 0.5) is 0 Å². The predicted octanol–water partition coefficient (Wildman–Crippen LogP) is 3.59. The van der Waals surface area contributed by atoms with Gasteiger partial charge in [0, 0.05) is 39.0 Å². The van der Waals surface area contributed by atoms with E-state index < -0.39 is 5.60 Å². The van der Waals surface area contributed by atoms with Gasteiger partial charge in [-0.05, 0) is 28.7 Å². The molecule has 0 saturated heterocycles. The van der Waals surface area contributed by atoms with Gasteiger partial charge >= 0.3 is 0 Å². The molecule has 2 heteroatoms. The molecule has 0 radical (unpaired) electrons. The van der Waals surface area contributed by atoms with Crippen molar-refractivity contribution in [3.63, 3.8) is 0 Å². The zero-order valence-electron chi connectivity index (χ0n) is 11.2. The van der Waals surface area contributed by atoms with Gasteiger partial charge in [0.25, 0.3) is 0 Å². The fourth-order valence-corrected chi connectivity index (χ4v) is 2.89. The van der Waals surface area contributed by atoms with Crippen molar-refractivity contribution in [1.29, 1.82) is 0 Å². The summed E-state index contributed by atoms with van der Waals surface area (Å²) in [6.07, 6.45) is 2.39. The van der Waals surface area contributed by atoms with E-state index in [1.165, 1.54) is 22.3 Å². The van der Waals surface area contributed by atoms with Crippen LogP contribution in [0.15, 0.2) is 48.5 Å². The van der Waals surface area contributed by atoms with Gasteiger partial charge in [0.15, 0.2) is 0 Å². The molecule has 1 aliphatic carbocycles. The fourth-order valence-electron chi connectivity index (χ4n) is 2.89. The van der Waals surface area contributed by atoms with Gasteiger partial charge in [-0.25, -0.2) is 0 Å². The molecule has 19 heavy (non-hydrogen) atoms. The summed E-state index contributed by atoms with van der Waals surface area (Å²) < 4.78 is 0. The average molecular weight is 330 g/mol. The first-order valence-electron chi connectivity index (χ1n) is 6.60. The van der Waals surface area contributed by atoms with Gasteiger partial charge in [-0.3, -0.25) is 0 Å². The predicted molar refractivity (Wildman–Crippen MR) is 74.5 cm³/mol. The van der Waals surface area contributed by atoms with E-state index in [0.717, 1.165) is 19.3 Å². The molecule has 0 bridgehead atoms. The first-order valence-corrected chi connectivity index (χ1v) is 6.60. The molecular weight excluding hydrogens is 311 g/mol. The first kappa shape index (κ1) is 14.7. The van der Waals surface area contributed by atoms with Gasteiger partial charge in [-0.2, -0.15) is 0 Å². The number of rotatable bonds is 2. The van der Waals surface area contributed by atoms with Crippen LogP contribution in [-0.2, 0) is 39.0 Å². The Morgan fingerprint density at radius 1 is 1.00 bits per heavy atom. The van der Waals surface area contributed by atoms with E-state index in [1.807, 2.05) is 6.07 Å². The van der Waals surface area contributed by atoms with Crippen molar-refractivity contribution in [3.8, 4) is 11.1 Å². The second-order valence-electron chi connectivity index (χ2n) is 5.24. The molecule has 0 amide bonds. The zero-order valence-corrected chi connectivity index (χ0v) is 13.6.